The van der Waals surface area contributed by atoms with E-state index >= 15 is 0 Å². The molecule has 3 rings (SSSR count). The third kappa shape index (κ3) is 1.69. The number of rotatable bonds is 2. The van der Waals surface area contributed by atoms with E-state index in [4.69, 9.17) is 5.73 Å². The topological polar surface area (TPSA) is 56.7 Å². The molecule has 0 bridgehead atoms. The highest BCUT2D eigenvalue weighted by Crippen LogP contribution is 2.21. The Morgan fingerprint density at radius 1 is 1.17 bits per heavy atom. The molecule has 0 aliphatic heterocycles. The maximum Gasteiger partial charge on any atom is 0.201 e. The number of aromatic nitrogens is 3. The van der Waals surface area contributed by atoms with E-state index in [0.717, 1.165) is 5.69 Å². The molecule has 18 heavy (non-hydrogen) atoms. The van der Waals surface area contributed by atoms with E-state index in [9.17, 15) is 4.39 Å². The van der Waals surface area contributed by atoms with E-state index in [0.29, 0.717) is 23.5 Å². The predicted octanol–water partition coefficient (Wildman–Crippen LogP) is 2.20. The number of halogens is 1. The third-order valence-corrected chi connectivity index (χ3v) is 2.81. The van der Waals surface area contributed by atoms with Gasteiger partial charge in [-0.15, -0.1) is 0 Å². The summed E-state index contributed by atoms with van der Waals surface area (Å²) in [6, 6.07) is 10.5. The first-order valence-corrected chi connectivity index (χ1v) is 5.56. The summed E-state index contributed by atoms with van der Waals surface area (Å²) >= 11 is 0. The van der Waals surface area contributed by atoms with Crippen molar-refractivity contribution in [1.82, 2.24) is 14.5 Å². The van der Waals surface area contributed by atoms with Crippen molar-refractivity contribution in [2.24, 2.45) is 0 Å². The van der Waals surface area contributed by atoms with Crippen molar-refractivity contribution < 1.29 is 4.39 Å². The molecular formula is C13H11FN4. The maximum absolute atomic E-state index is 13.6. The number of hydrogen-bond acceptors (Lipinski definition) is 3. The summed E-state index contributed by atoms with van der Waals surface area (Å²) in [4.78, 5) is 8.27. The molecule has 0 saturated carbocycles. The summed E-state index contributed by atoms with van der Waals surface area (Å²) in [5.41, 5.74) is 7.66. The molecular weight excluding hydrogens is 231 g/mol. The van der Waals surface area contributed by atoms with Gasteiger partial charge in [-0.25, -0.2) is 9.37 Å². The van der Waals surface area contributed by atoms with Crippen molar-refractivity contribution in [3.8, 4) is 0 Å². The van der Waals surface area contributed by atoms with E-state index < -0.39 is 0 Å². The van der Waals surface area contributed by atoms with Crippen LogP contribution in [0.5, 0.6) is 0 Å². The van der Waals surface area contributed by atoms with Crippen LogP contribution in [0.25, 0.3) is 11.0 Å². The molecule has 1 aromatic carbocycles. The van der Waals surface area contributed by atoms with Crippen molar-refractivity contribution in [2.75, 3.05) is 5.73 Å². The van der Waals surface area contributed by atoms with Crippen LogP contribution < -0.4 is 5.73 Å². The van der Waals surface area contributed by atoms with Crippen LogP contribution in [-0.4, -0.2) is 14.5 Å². The molecule has 0 radical (unpaired) electrons. The van der Waals surface area contributed by atoms with Crippen LogP contribution in [0.2, 0.25) is 0 Å². The lowest BCUT2D eigenvalue weighted by molar-refractivity contribution is 0.637. The summed E-state index contributed by atoms with van der Waals surface area (Å²) in [7, 11) is 0. The fraction of sp³-hybridized carbons (Fsp3) is 0.0769. The number of pyridine rings is 1. The number of para-hydroxylation sites is 1. The quantitative estimate of drug-likeness (QED) is 0.749. The summed E-state index contributed by atoms with van der Waals surface area (Å²) < 4.78 is 15.3. The number of nitrogen functional groups attached to an aromatic ring is 1. The van der Waals surface area contributed by atoms with Gasteiger partial charge in [0.2, 0.25) is 5.95 Å². The highest BCUT2D eigenvalue weighted by atomic mass is 19.1. The van der Waals surface area contributed by atoms with E-state index in [-0.39, 0.29) is 5.82 Å². The van der Waals surface area contributed by atoms with Crippen molar-refractivity contribution in [2.45, 2.75) is 6.54 Å². The standard InChI is InChI=1S/C13H11FN4/c14-10-5-3-6-11-12(10)17-13(15)18(11)8-9-4-1-2-7-16-9/h1-7H,8H2,(H2,15,17). The van der Waals surface area contributed by atoms with Crippen LogP contribution in [0, 0.1) is 5.82 Å². The third-order valence-electron chi connectivity index (χ3n) is 2.81. The minimum absolute atomic E-state index is 0.292. The highest BCUT2D eigenvalue weighted by molar-refractivity contribution is 5.78. The predicted molar refractivity (Wildman–Crippen MR) is 67.4 cm³/mol. The van der Waals surface area contributed by atoms with Gasteiger partial charge in [0.05, 0.1) is 17.8 Å². The van der Waals surface area contributed by atoms with Crippen molar-refractivity contribution >= 4 is 17.0 Å². The molecule has 2 N–H and O–H groups in total. The number of imidazole rings is 1. The van der Waals surface area contributed by atoms with Crippen molar-refractivity contribution in [3.05, 3.63) is 54.1 Å². The summed E-state index contributed by atoms with van der Waals surface area (Å²) in [5, 5.41) is 0. The van der Waals surface area contributed by atoms with Gasteiger partial charge in [-0.05, 0) is 24.3 Å². The zero-order valence-corrected chi connectivity index (χ0v) is 9.55. The molecule has 3 aromatic rings. The van der Waals surface area contributed by atoms with Gasteiger partial charge in [-0.3, -0.25) is 4.98 Å². The first-order valence-electron chi connectivity index (χ1n) is 5.56. The second-order valence-electron chi connectivity index (χ2n) is 3.98. The van der Waals surface area contributed by atoms with E-state index in [1.54, 1.807) is 22.9 Å². The highest BCUT2D eigenvalue weighted by Gasteiger charge is 2.11. The summed E-state index contributed by atoms with van der Waals surface area (Å²) in [6.45, 7) is 0.479. The normalized spacial score (nSPS) is 10.9. The fourth-order valence-electron chi connectivity index (χ4n) is 1.95. The molecule has 5 heteroatoms. The Bertz CT molecular complexity index is 691. The Balaban J connectivity index is 2.12. The van der Waals surface area contributed by atoms with Crippen molar-refractivity contribution in [1.29, 1.82) is 0 Å². The molecule has 0 aliphatic rings. The van der Waals surface area contributed by atoms with Crippen LogP contribution >= 0.6 is 0 Å². The number of nitrogens with two attached hydrogens (primary N) is 1. The first-order chi connectivity index (χ1) is 8.75. The maximum atomic E-state index is 13.6. The molecule has 0 aliphatic carbocycles. The van der Waals surface area contributed by atoms with Crippen LogP contribution in [0.15, 0.2) is 42.6 Å². The van der Waals surface area contributed by atoms with Gasteiger partial charge in [0.25, 0.3) is 0 Å². The Morgan fingerprint density at radius 3 is 2.83 bits per heavy atom. The fourth-order valence-corrected chi connectivity index (χ4v) is 1.95. The van der Waals surface area contributed by atoms with Gasteiger partial charge in [-0.2, -0.15) is 0 Å². The average Bonchev–Trinajstić information content (AvgIpc) is 2.70. The van der Waals surface area contributed by atoms with Gasteiger partial charge in [-0.1, -0.05) is 12.1 Å². The van der Waals surface area contributed by atoms with Gasteiger partial charge < -0.3 is 10.3 Å². The van der Waals surface area contributed by atoms with Crippen LogP contribution in [0.3, 0.4) is 0 Å². The Kier molecular flexibility index (Phi) is 2.44. The summed E-state index contributed by atoms with van der Waals surface area (Å²) in [6.07, 6.45) is 1.71. The lowest BCUT2D eigenvalue weighted by Gasteiger charge is -2.05. The molecule has 4 nitrogen and oxygen atoms in total. The van der Waals surface area contributed by atoms with Gasteiger partial charge in [0.15, 0.2) is 5.82 Å². The second kappa shape index (κ2) is 4.10. The molecule has 90 valence electrons. The van der Waals surface area contributed by atoms with Crippen LogP contribution in [0.1, 0.15) is 5.69 Å². The Hall–Kier alpha value is -2.43. The molecule has 2 aromatic heterocycles. The molecule has 0 fully saturated rings. The van der Waals surface area contributed by atoms with E-state index in [1.807, 2.05) is 18.2 Å². The molecule has 0 amide bonds. The summed E-state index contributed by atoms with van der Waals surface area (Å²) in [5.74, 6) is -0.0697. The monoisotopic (exact) mass is 242 g/mol. The van der Waals surface area contributed by atoms with Crippen LogP contribution in [-0.2, 0) is 6.54 Å². The zero-order chi connectivity index (χ0) is 12.5. The number of nitrogens with zero attached hydrogens (tertiary/aromatic N) is 3. The molecule has 2 heterocycles. The minimum atomic E-state index is -0.362. The number of hydrogen-bond donors (Lipinski definition) is 1. The Morgan fingerprint density at radius 2 is 2.06 bits per heavy atom. The first kappa shape index (κ1) is 10.7. The van der Waals surface area contributed by atoms with Crippen LogP contribution in [0.4, 0.5) is 10.3 Å². The van der Waals surface area contributed by atoms with Gasteiger partial charge >= 0.3 is 0 Å². The lowest BCUT2D eigenvalue weighted by Crippen LogP contribution is -2.05. The number of benzene rings is 1. The number of anilines is 1. The molecule has 0 saturated heterocycles. The van der Waals surface area contributed by atoms with Gasteiger partial charge in [0.1, 0.15) is 5.52 Å². The largest absolute Gasteiger partial charge is 0.369 e. The molecule has 0 unspecified atom stereocenters. The van der Waals surface area contributed by atoms with Crippen molar-refractivity contribution in [3.63, 3.8) is 0 Å². The number of fused-ring (bicyclic) bond motifs is 1. The average molecular weight is 242 g/mol. The smallest absolute Gasteiger partial charge is 0.201 e. The second-order valence-corrected chi connectivity index (χ2v) is 3.98. The van der Waals surface area contributed by atoms with E-state index in [2.05, 4.69) is 9.97 Å². The van der Waals surface area contributed by atoms with E-state index in [1.165, 1.54) is 6.07 Å². The SMILES string of the molecule is Nc1nc2c(F)cccc2n1Cc1ccccn1. The Labute approximate surface area is 103 Å². The van der Waals surface area contributed by atoms with Gasteiger partial charge in [0, 0.05) is 6.20 Å². The molecule has 0 spiro atoms. The zero-order valence-electron chi connectivity index (χ0n) is 9.55. The lowest BCUT2D eigenvalue weighted by atomic mass is 10.3. The molecule has 0 atom stereocenters. The minimum Gasteiger partial charge on any atom is -0.369 e.